The van der Waals surface area contributed by atoms with E-state index in [0.717, 1.165) is 22.2 Å². The quantitative estimate of drug-likeness (QED) is 0.765. The van der Waals surface area contributed by atoms with Crippen LogP contribution in [0.3, 0.4) is 0 Å². The van der Waals surface area contributed by atoms with Crippen molar-refractivity contribution in [3.05, 3.63) is 35.3 Å². The first-order chi connectivity index (χ1) is 10.0. The molecule has 0 fully saturated rings. The van der Waals surface area contributed by atoms with Gasteiger partial charge in [0.2, 0.25) is 5.91 Å². The second-order valence-electron chi connectivity index (χ2n) is 5.52. The topological polar surface area (TPSA) is 65.1 Å². The number of fused-ring (bicyclic) bond motifs is 1. The fourth-order valence-corrected chi connectivity index (χ4v) is 2.42. The lowest BCUT2D eigenvalue weighted by molar-refractivity contribution is -0.120. The first kappa shape index (κ1) is 15.5. The number of carbonyl (C=O) groups is 1. The predicted molar refractivity (Wildman–Crippen MR) is 80.6 cm³/mol. The second kappa shape index (κ2) is 6.72. The van der Waals surface area contributed by atoms with Crippen LogP contribution in [0.25, 0.3) is 10.9 Å². The molecule has 1 aromatic carbocycles. The van der Waals surface area contributed by atoms with Crippen LogP contribution < -0.4 is 5.32 Å². The van der Waals surface area contributed by atoms with Gasteiger partial charge in [-0.2, -0.15) is 0 Å². The molecule has 21 heavy (non-hydrogen) atoms. The number of benzene rings is 1. The predicted octanol–water partition coefficient (Wildman–Crippen LogP) is 2.29. The molecule has 1 amide bonds. The molecule has 0 radical (unpaired) electrons. The molecule has 0 bridgehead atoms. The van der Waals surface area contributed by atoms with Gasteiger partial charge in [0, 0.05) is 29.7 Å². The number of aromatic amines is 1. The minimum Gasteiger partial charge on any atom is -0.396 e. The Morgan fingerprint density at radius 1 is 1.48 bits per heavy atom. The third kappa shape index (κ3) is 3.82. The van der Waals surface area contributed by atoms with E-state index in [1.54, 1.807) is 6.07 Å². The molecule has 3 N–H and O–H groups in total. The summed E-state index contributed by atoms with van der Waals surface area (Å²) >= 11 is 0. The molecule has 1 unspecified atom stereocenters. The third-order valence-electron chi connectivity index (χ3n) is 3.69. The zero-order chi connectivity index (χ0) is 15.4. The van der Waals surface area contributed by atoms with Crippen molar-refractivity contribution in [1.82, 2.24) is 10.3 Å². The minimum atomic E-state index is -0.306. The van der Waals surface area contributed by atoms with Crippen LogP contribution in [0.15, 0.2) is 18.2 Å². The maximum Gasteiger partial charge on any atom is 0.224 e. The number of hydrogen-bond donors (Lipinski definition) is 3. The highest BCUT2D eigenvalue weighted by Crippen LogP contribution is 2.23. The smallest absolute Gasteiger partial charge is 0.224 e. The van der Waals surface area contributed by atoms with Crippen LogP contribution >= 0.6 is 0 Å². The summed E-state index contributed by atoms with van der Waals surface area (Å²) in [7, 11) is 0. The standard InChI is InChI=1S/C16H21FN2O2/c1-10(5-6-20)9-18-16(21)8-13-11(2)19-15-4-3-12(17)7-14(13)15/h3-4,7,10,19-20H,5-6,8-9H2,1-2H3,(H,18,21). The second-order valence-corrected chi connectivity index (χ2v) is 5.52. The lowest BCUT2D eigenvalue weighted by Crippen LogP contribution is -2.30. The first-order valence-corrected chi connectivity index (χ1v) is 7.15. The van der Waals surface area contributed by atoms with E-state index in [1.165, 1.54) is 12.1 Å². The lowest BCUT2D eigenvalue weighted by Gasteiger charge is -2.11. The van der Waals surface area contributed by atoms with Gasteiger partial charge in [-0.05, 0) is 43.0 Å². The molecule has 2 rings (SSSR count). The summed E-state index contributed by atoms with van der Waals surface area (Å²) in [4.78, 5) is 15.2. The summed E-state index contributed by atoms with van der Waals surface area (Å²) in [5.41, 5.74) is 2.55. The third-order valence-corrected chi connectivity index (χ3v) is 3.69. The van der Waals surface area contributed by atoms with E-state index in [1.807, 2.05) is 13.8 Å². The fraction of sp³-hybridized carbons (Fsp3) is 0.438. The summed E-state index contributed by atoms with van der Waals surface area (Å²) in [6.45, 7) is 4.52. The van der Waals surface area contributed by atoms with E-state index in [0.29, 0.717) is 13.0 Å². The van der Waals surface area contributed by atoms with Crippen molar-refractivity contribution in [2.75, 3.05) is 13.2 Å². The monoisotopic (exact) mass is 292 g/mol. The van der Waals surface area contributed by atoms with E-state index in [2.05, 4.69) is 10.3 Å². The van der Waals surface area contributed by atoms with E-state index in [-0.39, 0.29) is 30.7 Å². The largest absolute Gasteiger partial charge is 0.396 e. The average Bonchev–Trinajstić information content (AvgIpc) is 2.73. The van der Waals surface area contributed by atoms with Crippen LogP contribution in [0.4, 0.5) is 4.39 Å². The SMILES string of the molecule is Cc1[nH]c2ccc(F)cc2c1CC(=O)NCC(C)CCO. The Morgan fingerprint density at radius 2 is 2.24 bits per heavy atom. The lowest BCUT2D eigenvalue weighted by atomic mass is 10.1. The van der Waals surface area contributed by atoms with Crippen LogP contribution in [-0.4, -0.2) is 29.1 Å². The molecular formula is C16H21FN2O2. The molecule has 0 spiro atoms. The van der Waals surface area contributed by atoms with Gasteiger partial charge >= 0.3 is 0 Å². The molecule has 4 nitrogen and oxygen atoms in total. The molecule has 0 saturated carbocycles. The van der Waals surface area contributed by atoms with Gasteiger partial charge < -0.3 is 15.4 Å². The van der Waals surface area contributed by atoms with Crippen molar-refractivity contribution in [3.8, 4) is 0 Å². The summed E-state index contributed by atoms with van der Waals surface area (Å²) in [6.07, 6.45) is 0.888. The van der Waals surface area contributed by atoms with Crippen molar-refractivity contribution >= 4 is 16.8 Å². The molecule has 5 heteroatoms. The van der Waals surface area contributed by atoms with Crippen LogP contribution in [0, 0.1) is 18.7 Å². The normalized spacial score (nSPS) is 12.6. The Kier molecular flexibility index (Phi) is 4.96. The zero-order valence-corrected chi connectivity index (χ0v) is 12.4. The fourth-order valence-electron chi connectivity index (χ4n) is 2.42. The maximum atomic E-state index is 13.4. The van der Waals surface area contributed by atoms with E-state index in [9.17, 15) is 9.18 Å². The first-order valence-electron chi connectivity index (χ1n) is 7.15. The Bertz CT molecular complexity index is 636. The minimum absolute atomic E-state index is 0.0898. The molecule has 0 saturated heterocycles. The summed E-state index contributed by atoms with van der Waals surface area (Å²) < 4.78 is 13.4. The molecule has 2 aromatic rings. The number of amides is 1. The maximum absolute atomic E-state index is 13.4. The Morgan fingerprint density at radius 3 is 2.95 bits per heavy atom. The van der Waals surface area contributed by atoms with Crippen molar-refractivity contribution in [2.45, 2.75) is 26.7 Å². The number of rotatable bonds is 6. The van der Waals surface area contributed by atoms with Crippen molar-refractivity contribution < 1.29 is 14.3 Å². The number of hydrogen-bond acceptors (Lipinski definition) is 2. The van der Waals surface area contributed by atoms with Gasteiger partial charge in [-0.15, -0.1) is 0 Å². The molecular weight excluding hydrogens is 271 g/mol. The van der Waals surface area contributed by atoms with Gasteiger partial charge in [0.25, 0.3) is 0 Å². The number of aliphatic hydroxyl groups excluding tert-OH is 1. The summed E-state index contributed by atoms with van der Waals surface area (Å²) in [5.74, 6) is -0.159. The van der Waals surface area contributed by atoms with Crippen LogP contribution in [0.5, 0.6) is 0 Å². The molecule has 0 aliphatic heterocycles. The number of aliphatic hydroxyl groups is 1. The van der Waals surface area contributed by atoms with Crippen molar-refractivity contribution in [1.29, 1.82) is 0 Å². The van der Waals surface area contributed by atoms with Crippen LogP contribution in [-0.2, 0) is 11.2 Å². The van der Waals surface area contributed by atoms with Gasteiger partial charge in [-0.1, -0.05) is 6.92 Å². The molecule has 0 aliphatic rings. The summed E-state index contributed by atoms with van der Waals surface area (Å²) in [5, 5.41) is 12.4. The van der Waals surface area contributed by atoms with Gasteiger partial charge in [-0.25, -0.2) is 4.39 Å². The Balaban J connectivity index is 2.07. The highest BCUT2D eigenvalue weighted by atomic mass is 19.1. The molecule has 114 valence electrons. The molecule has 1 aromatic heterocycles. The van der Waals surface area contributed by atoms with Gasteiger partial charge in [0.15, 0.2) is 0 Å². The molecule has 0 aliphatic carbocycles. The zero-order valence-electron chi connectivity index (χ0n) is 12.4. The number of carbonyl (C=O) groups excluding carboxylic acids is 1. The number of nitrogens with one attached hydrogen (secondary N) is 2. The number of aryl methyl sites for hydroxylation is 1. The van der Waals surface area contributed by atoms with E-state index >= 15 is 0 Å². The number of H-pyrrole nitrogens is 1. The Hall–Kier alpha value is -1.88. The van der Waals surface area contributed by atoms with Crippen molar-refractivity contribution in [3.63, 3.8) is 0 Å². The van der Waals surface area contributed by atoms with Gasteiger partial charge in [0.05, 0.1) is 6.42 Å². The highest BCUT2D eigenvalue weighted by molar-refractivity contribution is 5.90. The van der Waals surface area contributed by atoms with Gasteiger partial charge in [0.1, 0.15) is 5.82 Å². The molecule has 1 heterocycles. The molecule has 1 atom stereocenters. The highest BCUT2D eigenvalue weighted by Gasteiger charge is 2.13. The average molecular weight is 292 g/mol. The Labute approximate surface area is 123 Å². The van der Waals surface area contributed by atoms with Crippen LogP contribution in [0.1, 0.15) is 24.6 Å². The van der Waals surface area contributed by atoms with Crippen LogP contribution in [0.2, 0.25) is 0 Å². The van der Waals surface area contributed by atoms with E-state index in [4.69, 9.17) is 5.11 Å². The summed E-state index contributed by atoms with van der Waals surface area (Å²) in [6, 6.07) is 4.54. The van der Waals surface area contributed by atoms with Gasteiger partial charge in [-0.3, -0.25) is 4.79 Å². The van der Waals surface area contributed by atoms with E-state index < -0.39 is 0 Å². The van der Waals surface area contributed by atoms with Crippen molar-refractivity contribution in [2.24, 2.45) is 5.92 Å². The number of aromatic nitrogens is 1. The number of halogens is 1.